The second-order valence-electron chi connectivity index (χ2n) is 5.64. The Bertz CT molecular complexity index is 565. The number of imidazole rings is 1. The van der Waals surface area contributed by atoms with E-state index in [1.165, 1.54) is 0 Å². The van der Waals surface area contributed by atoms with Crippen molar-refractivity contribution in [1.29, 1.82) is 0 Å². The maximum atomic E-state index is 12.0. The molecule has 1 aromatic heterocycles. The quantitative estimate of drug-likeness (QED) is 0.884. The molecular weight excluding hydrogens is 238 g/mol. The van der Waals surface area contributed by atoms with E-state index in [1.54, 1.807) is 0 Å². The van der Waals surface area contributed by atoms with Crippen LogP contribution in [0, 0.1) is 11.8 Å². The highest BCUT2D eigenvalue weighted by atomic mass is 16.2. The summed E-state index contributed by atoms with van der Waals surface area (Å²) in [5.74, 6) is 1.55. The van der Waals surface area contributed by atoms with Crippen molar-refractivity contribution in [3.8, 4) is 0 Å². The number of hydrogen-bond acceptors (Lipinski definition) is 2. The van der Waals surface area contributed by atoms with Gasteiger partial charge in [-0.1, -0.05) is 26.0 Å². The van der Waals surface area contributed by atoms with E-state index in [4.69, 9.17) is 0 Å². The van der Waals surface area contributed by atoms with E-state index in [2.05, 4.69) is 29.1 Å². The molecule has 1 aliphatic carbocycles. The van der Waals surface area contributed by atoms with Crippen LogP contribution in [0.25, 0.3) is 11.0 Å². The molecule has 2 aromatic rings. The minimum absolute atomic E-state index is 0.0412. The first kappa shape index (κ1) is 12.2. The standard InChI is InChI=1S/C15H19N3O/c1-9(2)13(18-15(19)10-7-8-10)14-16-11-5-3-4-6-12(11)17-14/h3-6,9-10,13H,7-8H2,1-2H3,(H,16,17)(H,18,19). The van der Waals surface area contributed by atoms with E-state index in [-0.39, 0.29) is 17.9 Å². The number of carbonyl (C=O) groups is 1. The number of para-hydroxylation sites is 2. The molecule has 19 heavy (non-hydrogen) atoms. The number of nitrogens with one attached hydrogen (secondary N) is 2. The summed E-state index contributed by atoms with van der Waals surface area (Å²) < 4.78 is 0. The predicted octanol–water partition coefficient (Wildman–Crippen LogP) is 2.79. The van der Waals surface area contributed by atoms with Crippen LogP contribution in [0.4, 0.5) is 0 Å². The van der Waals surface area contributed by atoms with Gasteiger partial charge in [0.1, 0.15) is 5.82 Å². The fourth-order valence-corrected chi connectivity index (χ4v) is 2.29. The Morgan fingerprint density at radius 3 is 2.74 bits per heavy atom. The van der Waals surface area contributed by atoms with E-state index >= 15 is 0 Å². The van der Waals surface area contributed by atoms with Gasteiger partial charge in [-0.2, -0.15) is 0 Å². The zero-order valence-corrected chi connectivity index (χ0v) is 11.3. The summed E-state index contributed by atoms with van der Waals surface area (Å²) in [5, 5.41) is 3.12. The van der Waals surface area contributed by atoms with Crippen LogP contribution in [0.15, 0.2) is 24.3 Å². The monoisotopic (exact) mass is 257 g/mol. The molecule has 1 aliphatic rings. The third-order valence-corrected chi connectivity index (χ3v) is 3.61. The van der Waals surface area contributed by atoms with Crippen LogP contribution < -0.4 is 5.32 Å². The van der Waals surface area contributed by atoms with Crippen molar-refractivity contribution < 1.29 is 4.79 Å². The van der Waals surface area contributed by atoms with Crippen LogP contribution in [-0.4, -0.2) is 15.9 Å². The lowest BCUT2D eigenvalue weighted by atomic mass is 10.0. The largest absolute Gasteiger partial charge is 0.346 e. The van der Waals surface area contributed by atoms with Crippen LogP contribution in [0.1, 0.15) is 38.6 Å². The lowest BCUT2D eigenvalue weighted by Crippen LogP contribution is -2.33. The average molecular weight is 257 g/mol. The molecule has 4 heteroatoms. The number of rotatable bonds is 4. The highest BCUT2D eigenvalue weighted by Gasteiger charge is 2.32. The zero-order chi connectivity index (χ0) is 13.4. The van der Waals surface area contributed by atoms with Gasteiger partial charge in [0.25, 0.3) is 0 Å². The van der Waals surface area contributed by atoms with Gasteiger partial charge in [-0.3, -0.25) is 4.79 Å². The first-order valence-electron chi connectivity index (χ1n) is 6.90. The summed E-state index contributed by atoms with van der Waals surface area (Å²) in [5.41, 5.74) is 1.97. The van der Waals surface area contributed by atoms with Crippen LogP contribution >= 0.6 is 0 Å². The number of fused-ring (bicyclic) bond motifs is 1. The number of nitrogens with zero attached hydrogens (tertiary/aromatic N) is 1. The molecule has 0 aliphatic heterocycles. The molecule has 1 saturated carbocycles. The van der Waals surface area contributed by atoms with E-state index in [1.807, 2.05) is 24.3 Å². The minimum atomic E-state index is -0.0412. The van der Waals surface area contributed by atoms with Crippen LogP contribution in [0.3, 0.4) is 0 Å². The van der Waals surface area contributed by atoms with E-state index in [9.17, 15) is 4.79 Å². The third-order valence-electron chi connectivity index (χ3n) is 3.61. The molecule has 1 amide bonds. The van der Waals surface area contributed by atoms with Gasteiger partial charge in [0.05, 0.1) is 17.1 Å². The Morgan fingerprint density at radius 1 is 1.37 bits per heavy atom. The van der Waals surface area contributed by atoms with Crippen molar-refractivity contribution in [2.75, 3.05) is 0 Å². The van der Waals surface area contributed by atoms with Crippen molar-refractivity contribution in [2.45, 2.75) is 32.7 Å². The molecule has 100 valence electrons. The van der Waals surface area contributed by atoms with Crippen molar-refractivity contribution in [3.63, 3.8) is 0 Å². The van der Waals surface area contributed by atoms with Gasteiger partial charge in [0.2, 0.25) is 5.91 Å². The Morgan fingerprint density at radius 2 is 2.11 bits per heavy atom. The van der Waals surface area contributed by atoms with Crippen molar-refractivity contribution >= 4 is 16.9 Å². The van der Waals surface area contributed by atoms with Crippen LogP contribution in [0.2, 0.25) is 0 Å². The number of aromatic nitrogens is 2. The Hall–Kier alpha value is -1.84. The normalized spacial score (nSPS) is 16.8. The average Bonchev–Trinajstić information content (AvgIpc) is 3.14. The second-order valence-corrected chi connectivity index (χ2v) is 5.64. The van der Waals surface area contributed by atoms with Crippen molar-refractivity contribution in [3.05, 3.63) is 30.1 Å². The Kier molecular flexibility index (Phi) is 3.01. The molecular formula is C15H19N3O. The molecule has 0 saturated heterocycles. The molecule has 0 spiro atoms. The van der Waals surface area contributed by atoms with Crippen LogP contribution in [-0.2, 0) is 4.79 Å². The van der Waals surface area contributed by atoms with Gasteiger partial charge in [0, 0.05) is 5.92 Å². The maximum Gasteiger partial charge on any atom is 0.223 e. The molecule has 1 aromatic carbocycles. The van der Waals surface area contributed by atoms with Gasteiger partial charge in [0.15, 0.2) is 0 Å². The summed E-state index contributed by atoms with van der Waals surface area (Å²) in [7, 11) is 0. The van der Waals surface area contributed by atoms with Gasteiger partial charge in [-0.15, -0.1) is 0 Å². The number of aromatic amines is 1. The van der Waals surface area contributed by atoms with Crippen LogP contribution in [0.5, 0.6) is 0 Å². The van der Waals surface area contributed by atoms with E-state index < -0.39 is 0 Å². The molecule has 4 nitrogen and oxygen atoms in total. The predicted molar refractivity (Wildman–Crippen MR) is 74.5 cm³/mol. The molecule has 1 unspecified atom stereocenters. The molecule has 1 fully saturated rings. The Labute approximate surface area is 112 Å². The molecule has 3 rings (SSSR count). The molecule has 1 heterocycles. The maximum absolute atomic E-state index is 12.0. The first-order chi connectivity index (χ1) is 9.15. The summed E-state index contributed by atoms with van der Waals surface area (Å²) in [4.78, 5) is 19.9. The number of carbonyl (C=O) groups excluding carboxylic acids is 1. The minimum Gasteiger partial charge on any atom is -0.346 e. The molecule has 1 atom stereocenters. The zero-order valence-electron chi connectivity index (χ0n) is 11.3. The fraction of sp³-hybridized carbons (Fsp3) is 0.467. The summed E-state index contributed by atoms with van der Waals surface area (Å²) in [6, 6.07) is 7.90. The molecule has 2 N–H and O–H groups in total. The first-order valence-corrected chi connectivity index (χ1v) is 6.90. The summed E-state index contributed by atoms with van der Waals surface area (Å²) in [6.07, 6.45) is 2.05. The Balaban J connectivity index is 1.87. The number of benzene rings is 1. The lowest BCUT2D eigenvalue weighted by Gasteiger charge is -2.20. The van der Waals surface area contributed by atoms with E-state index in [0.717, 1.165) is 29.7 Å². The summed E-state index contributed by atoms with van der Waals surface area (Å²) >= 11 is 0. The highest BCUT2D eigenvalue weighted by Crippen LogP contribution is 2.31. The number of amides is 1. The van der Waals surface area contributed by atoms with Crippen molar-refractivity contribution in [2.24, 2.45) is 11.8 Å². The van der Waals surface area contributed by atoms with Gasteiger partial charge >= 0.3 is 0 Å². The van der Waals surface area contributed by atoms with Crippen molar-refractivity contribution in [1.82, 2.24) is 15.3 Å². The fourth-order valence-electron chi connectivity index (χ4n) is 2.29. The third kappa shape index (κ3) is 2.48. The number of H-pyrrole nitrogens is 1. The molecule has 0 radical (unpaired) electrons. The second kappa shape index (κ2) is 4.68. The lowest BCUT2D eigenvalue weighted by molar-refractivity contribution is -0.123. The topological polar surface area (TPSA) is 57.8 Å². The van der Waals surface area contributed by atoms with Gasteiger partial charge in [-0.25, -0.2) is 4.98 Å². The highest BCUT2D eigenvalue weighted by molar-refractivity contribution is 5.81. The number of hydrogen-bond donors (Lipinski definition) is 2. The van der Waals surface area contributed by atoms with Gasteiger partial charge < -0.3 is 10.3 Å². The SMILES string of the molecule is CC(C)C(NC(=O)C1CC1)c1nc2ccccc2[nH]1. The summed E-state index contributed by atoms with van der Waals surface area (Å²) in [6.45, 7) is 4.20. The molecule has 0 bridgehead atoms. The van der Waals surface area contributed by atoms with Gasteiger partial charge in [-0.05, 0) is 30.9 Å². The van der Waals surface area contributed by atoms with E-state index in [0.29, 0.717) is 5.92 Å². The smallest absolute Gasteiger partial charge is 0.223 e.